The number of aliphatic imine (C=N–C) groups is 1. The minimum absolute atomic E-state index is 0.107. The minimum Gasteiger partial charge on any atom is -0.462 e. The van der Waals surface area contributed by atoms with Gasteiger partial charge in [0.2, 0.25) is 0 Å². The van der Waals surface area contributed by atoms with Crippen LogP contribution in [0.3, 0.4) is 0 Å². The minimum atomic E-state index is -0.358. The summed E-state index contributed by atoms with van der Waals surface area (Å²) in [5.41, 5.74) is 11.1. The highest BCUT2D eigenvalue weighted by atomic mass is 16.5. The number of rotatable bonds is 4. The molecule has 0 radical (unpaired) electrons. The SMILES string of the molecule is CCOC(=O)c1ccc(N2CC(N=C(N)N)C2)nc1. The molecule has 0 bridgehead atoms. The van der Waals surface area contributed by atoms with Crippen molar-refractivity contribution in [3.8, 4) is 0 Å². The zero-order valence-corrected chi connectivity index (χ0v) is 10.7. The molecule has 1 fully saturated rings. The predicted molar refractivity (Wildman–Crippen MR) is 72.0 cm³/mol. The lowest BCUT2D eigenvalue weighted by Gasteiger charge is -2.37. The third kappa shape index (κ3) is 3.12. The number of anilines is 1. The van der Waals surface area contributed by atoms with Gasteiger partial charge in [-0.1, -0.05) is 0 Å². The molecule has 7 nitrogen and oxygen atoms in total. The third-order valence-corrected chi connectivity index (χ3v) is 2.78. The van der Waals surface area contributed by atoms with Crippen molar-refractivity contribution in [3.63, 3.8) is 0 Å². The number of guanidine groups is 1. The van der Waals surface area contributed by atoms with Gasteiger partial charge in [0.05, 0.1) is 18.2 Å². The first-order valence-corrected chi connectivity index (χ1v) is 6.07. The molecule has 0 unspecified atom stereocenters. The van der Waals surface area contributed by atoms with E-state index in [9.17, 15) is 4.79 Å². The number of esters is 1. The number of pyridine rings is 1. The van der Waals surface area contributed by atoms with Crippen LogP contribution in [0.5, 0.6) is 0 Å². The maximum absolute atomic E-state index is 11.5. The standard InChI is InChI=1S/C12H17N5O2/c1-2-19-11(18)8-3-4-10(15-5-8)17-6-9(7-17)16-12(13)14/h3-5,9H,2,6-7H2,1H3,(H4,13,14,16). The average Bonchev–Trinajstić information content (AvgIpc) is 2.33. The van der Waals surface area contributed by atoms with Crippen LogP contribution in [0.1, 0.15) is 17.3 Å². The van der Waals surface area contributed by atoms with E-state index < -0.39 is 0 Å². The van der Waals surface area contributed by atoms with Gasteiger partial charge in [-0.25, -0.2) is 14.8 Å². The largest absolute Gasteiger partial charge is 0.462 e. The van der Waals surface area contributed by atoms with E-state index in [0.717, 1.165) is 18.9 Å². The molecule has 7 heteroatoms. The first-order valence-electron chi connectivity index (χ1n) is 6.07. The summed E-state index contributed by atoms with van der Waals surface area (Å²) in [5.74, 6) is 0.550. The summed E-state index contributed by atoms with van der Waals surface area (Å²) < 4.78 is 4.89. The van der Waals surface area contributed by atoms with Crippen molar-refractivity contribution >= 4 is 17.7 Å². The van der Waals surface area contributed by atoms with Crippen molar-refractivity contribution in [1.29, 1.82) is 0 Å². The number of carbonyl (C=O) groups excluding carboxylic acids is 1. The summed E-state index contributed by atoms with van der Waals surface area (Å²) in [7, 11) is 0. The summed E-state index contributed by atoms with van der Waals surface area (Å²) in [6, 6.07) is 3.61. The Hall–Kier alpha value is -2.31. The Morgan fingerprint density at radius 2 is 2.26 bits per heavy atom. The number of carbonyl (C=O) groups is 1. The Morgan fingerprint density at radius 1 is 1.53 bits per heavy atom. The molecule has 2 rings (SSSR count). The molecule has 1 saturated heterocycles. The van der Waals surface area contributed by atoms with Gasteiger partial charge in [0.15, 0.2) is 5.96 Å². The van der Waals surface area contributed by atoms with E-state index in [0.29, 0.717) is 12.2 Å². The summed E-state index contributed by atoms with van der Waals surface area (Å²) in [6.07, 6.45) is 1.52. The van der Waals surface area contributed by atoms with Crippen LogP contribution in [-0.2, 0) is 4.74 Å². The van der Waals surface area contributed by atoms with Gasteiger partial charge in [-0.3, -0.25) is 0 Å². The first-order chi connectivity index (χ1) is 9.10. The van der Waals surface area contributed by atoms with Crippen molar-refractivity contribution in [2.24, 2.45) is 16.5 Å². The normalized spacial score (nSPS) is 14.7. The molecule has 0 aromatic carbocycles. The molecule has 0 aliphatic carbocycles. The van der Waals surface area contributed by atoms with Crippen LogP contribution in [0.15, 0.2) is 23.3 Å². The molecule has 0 spiro atoms. The molecule has 0 atom stereocenters. The lowest BCUT2D eigenvalue weighted by Crippen LogP contribution is -2.51. The molecule has 102 valence electrons. The van der Waals surface area contributed by atoms with Gasteiger partial charge < -0.3 is 21.1 Å². The Labute approximate surface area is 111 Å². The van der Waals surface area contributed by atoms with Crippen molar-refractivity contribution in [2.75, 3.05) is 24.6 Å². The number of hydrogen-bond acceptors (Lipinski definition) is 5. The molecule has 0 amide bonds. The fraction of sp³-hybridized carbons (Fsp3) is 0.417. The van der Waals surface area contributed by atoms with E-state index in [-0.39, 0.29) is 18.0 Å². The lowest BCUT2D eigenvalue weighted by molar-refractivity contribution is 0.0526. The van der Waals surface area contributed by atoms with Gasteiger partial charge >= 0.3 is 5.97 Å². The Balaban J connectivity index is 1.94. The van der Waals surface area contributed by atoms with Crippen LogP contribution < -0.4 is 16.4 Å². The zero-order chi connectivity index (χ0) is 13.8. The Bertz CT molecular complexity index is 475. The van der Waals surface area contributed by atoms with Gasteiger partial charge in [0.25, 0.3) is 0 Å². The number of aromatic nitrogens is 1. The van der Waals surface area contributed by atoms with Gasteiger partial charge in [-0.2, -0.15) is 0 Å². The highest BCUT2D eigenvalue weighted by molar-refractivity contribution is 5.89. The predicted octanol–water partition coefficient (Wildman–Crippen LogP) is -0.280. The van der Waals surface area contributed by atoms with Gasteiger partial charge in [0, 0.05) is 19.3 Å². The van der Waals surface area contributed by atoms with E-state index in [1.807, 2.05) is 4.90 Å². The molecule has 0 saturated carbocycles. The molecule has 2 heterocycles. The molecule has 1 aromatic rings. The summed E-state index contributed by atoms with van der Waals surface area (Å²) in [6.45, 7) is 3.57. The fourth-order valence-electron chi connectivity index (χ4n) is 1.84. The lowest BCUT2D eigenvalue weighted by atomic mass is 10.1. The zero-order valence-electron chi connectivity index (χ0n) is 10.7. The number of hydrogen-bond donors (Lipinski definition) is 2. The maximum atomic E-state index is 11.5. The van der Waals surface area contributed by atoms with Crippen LogP contribution in [0, 0.1) is 0 Å². The summed E-state index contributed by atoms with van der Waals surface area (Å²) in [4.78, 5) is 21.8. The van der Waals surface area contributed by atoms with Gasteiger partial charge in [0.1, 0.15) is 5.82 Å². The molecule has 1 aromatic heterocycles. The molecule has 4 N–H and O–H groups in total. The average molecular weight is 263 g/mol. The van der Waals surface area contributed by atoms with Crippen LogP contribution in [0.4, 0.5) is 5.82 Å². The number of ether oxygens (including phenoxy) is 1. The van der Waals surface area contributed by atoms with Gasteiger partial charge in [-0.05, 0) is 19.1 Å². The van der Waals surface area contributed by atoms with Crippen molar-refractivity contribution < 1.29 is 9.53 Å². The highest BCUT2D eigenvalue weighted by Crippen LogP contribution is 2.20. The van der Waals surface area contributed by atoms with Crippen molar-refractivity contribution in [3.05, 3.63) is 23.9 Å². The molecule has 1 aliphatic rings. The van der Waals surface area contributed by atoms with Crippen molar-refractivity contribution in [1.82, 2.24) is 4.98 Å². The summed E-state index contributed by atoms with van der Waals surface area (Å²) >= 11 is 0. The Kier molecular flexibility index (Phi) is 3.84. The monoisotopic (exact) mass is 263 g/mol. The number of nitrogens with zero attached hydrogens (tertiary/aromatic N) is 3. The Morgan fingerprint density at radius 3 is 2.79 bits per heavy atom. The second-order valence-corrected chi connectivity index (χ2v) is 4.24. The van der Waals surface area contributed by atoms with Crippen LogP contribution in [0.25, 0.3) is 0 Å². The van der Waals surface area contributed by atoms with Gasteiger partial charge in [-0.15, -0.1) is 0 Å². The van der Waals surface area contributed by atoms with E-state index in [4.69, 9.17) is 16.2 Å². The van der Waals surface area contributed by atoms with Crippen LogP contribution >= 0.6 is 0 Å². The smallest absolute Gasteiger partial charge is 0.339 e. The quantitative estimate of drug-likeness (QED) is 0.439. The van der Waals surface area contributed by atoms with E-state index in [1.165, 1.54) is 6.20 Å². The van der Waals surface area contributed by atoms with E-state index >= 15 is 0 Å². The molecular weight excluding hydrogens is 246 g/mol. The number of nitrogens with two attached hydrogens (primary N) is 2. The molecule has 1 aliphatic heterocycles. The summed E-state index contributed by atoms with van der Waals surface area (Å²) in [5, 5.41) is 0. The third-order valence-electron chi connectivity index (χ3n) is 2.78. The van der Waals surface area contributed by atoms with Crippen molar-refractivity contribution in [2.45, 2.75) is 13.0 Å². The van der Waals surface area contributed by atoms with Crippen LogP contribution in [-0.4, -0.2) is 42.7 Å². The second-order valence-electron chi connectivity index (χ2n) is 4.24. The topological polar surface area (TPSA) is 107 Å². The van der Waals surface area contributed by atoms with E-state index in [2.05, 4.69) is 9.98 Å². The van der Waals surface area contributed by atoms with E-state index in [1.54, 1.807) is 19.1 Å². The first kappa shape index (κ1) is 13.1. The highest BCUT2D eigenvalue weighted by Gasteiger charge is 2.27. The molecular formula is C12H17N5O2. The van der Waals surface area contributed by atoms with Crippen LogP contribution in [0.2, 0.25) is 0 Å². The second kappa shape index (κ2) is 5.55. The fourth-order valence-corrected chi connectivity index (χ4v) is 1.84. The maximum Gasteiger partial charge on any atom is 0.339 e. The molecule has 19 heavy (non-hydrogen) atoms.